The highest BCUT2D eigenvalue weighted by Gasteiger charge is 2.56. The topological polar surface area (TPSA) is 209 Å². The summed E-state index contributed by atoms with van der Waals surface area (Å²) >= 11 is 3.33. The molecule has 6 rings (SSSR count). The van der Waals surface area contributed by atoms with Crippen molar-refractivity contribution in [3.63, 3.8) is 0 Å². The predicted octanol–water partition coefficient (Wildman–Crippen LogP) is 3.12. The van der Waals surface area contributed by atoms with Crippen molar-refractivity contribution in [3.05, 3.63) is 71.3 Å². The summed E-state index contributed by atoms with van der Waals surface area (Å²) in [4.78, 5) is 85.3. The summed E-state index contributed by atoms with van der Waals surface area (Å²) in [5, 5.41) is 17.7. The molecule has 0 saturated carbocycles. The van der Waals surface area contributed by atoms with Gasteiger partial charge in [-0.3, -0.25) is 28.8 Å². The van der Waals surface area contributed by atoms with Crippen LogP contribution in [0.3, 0.4) is 0 Å². The largest absolute Gasteiger partial charge is 0.379 e. The summed E-state index contributed by atoms with van der Waals surface area (Å²) in [6.07, 6.45) is 2.97. The molecule has 9 atom stereocenters. The highest BCUT2D eigenvalue weighted by molar-refractivity contribution is 8.00. The summed E-state index contributed by atoms with van der Waals surface area (Å²) < 4.78 is 17.8. The molecule has 386 valence electrons. The predicted molar refractivity (Wildman–Crippen MR) is 272 cm³/mol. The number of nitrogens with one attached hydrogen (secondary N) is 6. The molecule has 4 saturated heterocycles. The van der Waals surface area contributed by atoms with Crippen molar-refractivity contribution in [3.8, 4) is 0 Å². The van der Waals surface area contributed by atoms with Gasteiger partial charge >= 0.3 is 0 Å². The Balaban J connectivity index is 0.936. The number of hydrogen-bond acceptors (Lipinski definition) is 13. The second-order valence-electron chi connectivity index (χ2n) is 20.1. The van der Waals surface area contributed by atoms with Crippen LogP contribution in [-0.2, 0) is 55.9 Å². The molecule has 2 aromatic carbocycles. The van der Waals surface area contributed by atoms with Crippen molar-refractivity contribution < 1.29 is 43.0 Å². The first-order valence-corrected chi connectivity index (χ1v) is 26.8. The molecule has 4 heterocycles. The SMILES string of the molecule is CN[C@@H](C)C(=O)N[C@H]1CCS[C@H]2CC(C)(C)C(C(=O)N[C@H](COCCOCCOCCc3ccccc3CNC(=O)[C@H]3N4C(=O)[C@@H](NC(=O)[C@H](C)NC)CCSC4CC3(C)C)c3ccccc3)N2C1=O. The second-order valence-corrected chi connectivity index (χ2v) is 22.6. The van der Waals surface area contributed by atoms with E-state index in [-0.39, 0.29) is 52.8 Å². The molecule has 0 aliphatic carbocycles. The van der Waals surface area contributed by atoms with E-state index in [2.05, 4.69) is 31.9 Å². The maximum absolute atomic E-state index is 14.3. The van der Waals surface area contributed by atoms with Gasteiger partial charge in [-0.05, 0) is 99.1 Å². The molecule has 4 fully saturated rings. The first-order valence-electron chi connectivity index (χ1n) is 24.7. The Morgan fingerprint density at radius 3 is 1.66 bits per heavy atom. The lowest BCUT2D eigenvalue weighted by molar-refractivity contribution is -0.144. The first-order chi connectivity index (χ1) is 33.5. The molecular weight excluding hydrogens is 933 g/mol. The minimum atomic E-state index is -0.737. The molecule has 19 heteroatoms. The highest BCUT2D eigenvalue weighted by Crippen LogP contribution is 2.47. The van der Waals surface area contributed by atoms with Crippen molar-refractivity contribution in [2.45, 2.75) is 133 Å². The third-order valence-corrected chi connectivity index (χ3v) is 16.5. The number of fused-ring (bicyclic) bond motifs is 2. The Labute approximate surface area is 422 Å². The van der Waals surface area contributed by atoms with E-state index in [4.69, 9.17) is 14.2 Å². The van der Waals surface area contributed by atoms with Crippen LogP contribution in [0.5, 0.6) is 0 Å². The van der Waals surface area contributed by atoms with Crippen molar-refractivity contribution in [1.82, 2.24) is 41.7 Å². The van der Waals surface area contributed by atoms with Crippen LogP contribution in [0.2, 0.25) is 0 Å². The number of amides is 6. The van der Waals surface area contributed by atoms with E-state index < -0.39 is 53.1 Å². The third kappa shape index (κ3) is 13.8. The van der Waals surface area contributed by atoms with Gasteiger partial charge in [-0.2, -0.15) is 0 Å². The fourth-order valence-electron chi connectivity index (χ4n) is 9.79. The monoisotopic (exact) mass is 1010 g/mol. The highest BCUT2D eigenvalue weighted by atomic mass is 32.2. The van der Waals surface area contributed by atoms with E-state index in [9.17, 15) is 28.8 Å². The number of ether oxygens (including phenoxy) is 3. The van der Waals surface area contributed by atoms with Gasteiger partial charge in [0.1, 0.15) is 24.2 Å². The molecule has 2 aromatic rings. The lowest BCUT2D eigenvalue weighted by atomic mass is 9.83. The molecular formula is C51H76N8O9S2. The number of thioether (sulfide) groups is 2. The smallest absolute Gasteiger partial charge is 0.246 e. The third-order valence-electron chi connectivity index (χ3n) is 14.0. The molecule has 0 spiro atoms. The summed E-state index contributed by atoms with van der Waals surface area (Å²) in [7, 11) is 3.40. The number of hydrogen-bond donors (Lipinski definition) is 6. The molecule has 6 N–H and O–H groups in total. The van der Waals surface area contributed by atoms with Crippen LogP contribution < -0.4 is 31.9 Å². The number of carbonyl (C=O) groups excluding carboxylic acids is 6. The molecule has 4 aliphatic rings. The number of likely N-dealkylation sites (N-methyl/N-ethyl adjacent to an activating group) is 2. The Hall–Kier alpha value is -4.24. The molecule has 70 heavy (non-hydrogen) atoms. The van der Waals surface area contributed by atoms with E-state index >= 15 is 0 Å². The Kier molecular flexibility index (Phi) is 20.0. The van der Waals surface area contributed by atoms with Crippen LogP contribution in [0.1, 0.15) is 90.0 Å². The lowest BCUT2D eigenvalue weighted by Crippen LogP contribution is -2.58. The van der Waals surface area contributed by atoms with Gasteiger partial charge in [-0.25, -0.2) is 0 Å². The number of nitrogens with zero attached hydrogens (tertiary/aromatic N) is 2. The van der Waals surface area contributed by atoms with Crippen LogP contribution in [0.15, 0.2) is 54.6 Å². The summed E-state index contributed by atoms with van der Waals surface area (Å²) in [5.74, 6) is -0.0116. The van der Waals surface area contributed by atoms with Crippen LogP contribution >= 0.6 is 23.5 Å². The first kappa shape index (κ1) is 55.1. The van der Waals surface area contributed by atoms with Crippen molar-refractivity contribution in [2.24, 2.45) is 10.8 Å². The van der Waals surface area contributed by atoms with Gasteiger partial charge in [-0.1, -0.05) is 82.3 Å². The minimum absolute atomic E-state index is 0.141. The summed E-state index contributed by atoms with van der Waals surface area (Å²) in [6.45, 7) is 13.9. The van der Waals surface area contributed by atoms with Gasteiger partial charge in [0.2, 0.25) is 35.4 Å². The van der Waals surface area contributed by atoms with E-state index in [1.54, 1.807) is 61.3 Å². The van der Waals surface area contributed by atoms with Gasteiger partial charge in [0.25, 0.3) is 0 Å². The van der Waals surface area contributed by atoms with Crippen LogP contribution in [-0.4, -0.2) is 157 Å². The lowest BCUT2D eigenvalue weighted by Gasteiger charge is -2.35. The molecule has 4 aliphatic heterocycles. The second kappa shape index (κ2) is 25.4. The number of carbonyl (C=O) groups is 6. The number of benzene rings is 2. The zero-order valence-electron chi connectivity index (χ0n) is 42.2. The summed E-state index contributed by atoms with van der Waals surface area (Å²) in [6, 6.07) is 13.3. The van der Waals surface area contributed by atoms with Gasteiger partial charge in [0.15, 0.2) is 0 Å². The van der Waals surface area contributed by atoms with Crippen LogP contribution in [0.4, 0.5) is 0 Å². The fourth-order valence-corrected chi connectivity index (χ4v) is 12.9. The maximum atomic E-state index is 14.3. The minimum Gasteiger partial charge on any atom is -0.379 e. The number of rotatable bonds is 23. The standard InChI is InChI=1S/C51H76N8O9S2/c1-32(52-7)44(60)55-37-19-26-69-40-28-50(3,4)42(58(40)48(37)64)46(62)54-30-36-17-13-12-14-34(36)18-21-66-22-23-67-24-25-68-31-39(35-15-10-9-11-16-35)57-47(63)43-51(5,6)29-41-59(43)49(65)38(20-27-70-41)56-45(61)33(2)53-8/h9-17,32-33,37-43,52-53H,18-31H2,1-8H3,(H,54,62)(H,55,60)(H,56,61)(H,57,63)/t32-,33-,37-,38-,39+,40?,41-,42+,43?/m0/s1. The van der Waals surface area contributed by atoms with Crippen molar-refractivity contribution in [2.75, 3.05) is 65.2 Å². The zero-order chi connectivity index (χ0) is 50.6. The van der Waals surface area contributed by atoms with Gasteiger partial charge in [0.05, 0.1) is 68.5 Å². The Morgan fingerprint density at radius 1 is 0.657 bits per heavy atom. The van der Waals surface area contributed by atoms with Gasteiger partial charge < -0.3 is 55.9 Å². The van der Waals surface area contributed by atoms with Crippen LogP contribution in [0, 0.1) is 10.8 Å². The van der Waals surface area contributed by atoms with E-state index in [1.807, 2.05) is 82.3 Å². The maximum Gasteiger partial charge on any atom is 0.246 e. The zero-order valence-corrected chi connectivity index (χ0v) is 43.8. The average Bonchev–Trinajstić information content (AvgIpc) is 3.66. The van der Waals surface area contributed by atoms with Crippen molar-refractivity contribution >= 4 is 59.0 Å². The molecule has 2 unspecified atom stereocenters. The quantitative estimate of drug-likeness (QED) is 0.0887. The van der Waals surface area contributed by atoms with E-state index in [1.165, 1.54) is 0 Å². The summed E-state index contributed by atoms with van der Waals surface area (Å²) in [5.41, 5.74) is 1.92. The molecule has 0 bridgehead atoms. The molecule has 17 nitrogen and oxygen atoms in total. The van der Waals surface area contributed by atoms with Crippen molar-refractivity contribution in [1.29, 1.82) is 0 Å². The molecule has 6 amide bonds. The van der Waals surface area contributed by atoms with Gasteiger partial charge in [-0.15, -0.1) is 23.5 Å². The molecule has 0 radical (unpaired) electrons. The van der Waals surface area contributed by atoms with Gasteiger partial charge in [0, 0.05) is 6.54 Å². The fraction of sp³-hybridized carbons (Fsp3) is 0.647. The Bertz CT molecular complexity index is 2120. The van der Waals surface area contributed by atoms with Crippen LogP contribution in [0.25, 0.3) is 0 Å². The average molecular weight is 1010 g/mol. The normalized spacial score (nSPS) is 25.1. The van der Waals surface area contributed by atoms with E-state index in [0.717, 1.165) is 16.7 Å². The van der Waals surface area contributed by atoms with E-state index in [0.29, 0.717) is 83.2 Å². The molecule has 0 aromatic heterocycles. The Morgan fingerprint density at radius 2 is 1.13 bits per heavy atom.